The van der Waals surface area contributed by atoms with E-state index in [9.17, 15) is 4.79 Å². The molecule has 0 aromatic heterocycles. The molecule has 1 aromatic carbocycles. The Kier molecular flexibility index (Phi) is 4.74. The van der Waals surface area contributed by atoms with Crippen LogP contribution in [0, 0.1) is 0 Å². The first-order valence-electron chi connectivity index (χ1n) is 6.58. The lowest BCUT2D eigenvalue weighted by molar-refractivity contribution is -0.131. The van der Waals surface area contributed by atoms with Crippen molar-refractivity contribution in [3.8, 4) is 0 Å². The maximum Gasteiger partial charge on any atom is 0.244 e. The molecule has 2 rings (SSSR count). The van der Waals surface area contributed by atoms with Crippen molar-refractivity contribution in [2.24, 2.45) is 0 Å². The largest absolute Gasteiger partial charge is 0.351 e. The molecule has 0 bridgehead atoms. The number of likely N-dealkylation sites (tertiary alicyclic amines) is 1. The number of hydrogen-bond donors (Lipinski definition) is 2. The van der Waals surface area contributed by atoms with Gasteiger partial charge in [0, 0.05) is 18.8 Å². The SMILES string of the molecule is CC(NC(=S)Nc1ccccc1)C(=O)N1CCCC1. The summed E-state index contributed by atoms with van der Waals surface area (Å²) in [5, 5.41) is 6.58. The quantitative estimate of drug-likeness (QED) is 0.829. The summed E-state index contributed by atoms with van der Waals surface area (Å²) in [6, 6.07) is 9.39. The van der Waals surface area contributed by atoms with Gasteiger partial charge in [0.05, 0.1) is 0 Å². The summed E-state index contributed by atoms with van der Waals surface area (Å²) in [6.45, 7) is 3.58. The summed E-state index contributed by atoms with van der Waals surface area (Å²) >= 11 is 5.21. The summed E-state index contributed by atoms with van der Waals surface area (Å²) in [6.07, 6.45) is 2.20. The molecule has 4 nitrogen and oxygen atoms in total. The molecule has 1 fully saturated rings. The van der Waals surface area contributed by atoms with Crippen molar-refractivity contribution in [2.75, 3.05) is 18.4 Å². The lowest BCUT2D eigenvalue weighted by Crippen LogP contribution is -2.47. The second-order valence-electron chi connectivity index (χ2n) is 4.72. The van der Waals surface area contributed by atoms with E-state index in [1.54, 1.807) is 0 Å². The highest BCUT2D eigenvalue weighted by Gasteiger charge is 2.23. The van der Waals surface area contributed by atoms with Crippen molar-refractivity contribution in [3.63, 3.8) is 0 Å². The molecule has 2 N–H and O–H groups in total. The lowest BCUT2D eigenvalue weighted by Gasteiger charge is -2.22. The number of amides is 1. The van der Waals surface area contributed by atoms with E-state index in [0.717, 1.165) is 31.6 Å². The molecule has 1 unspecified atom stereocenters. The third-order valence-electron chi connectivity index (χ3n) is 3.17. The first-order valence-corrected chi connectivity index (χ1v) is 6.99. The summed E-state index contributed by atoms with van der Waals surface area (Å²) in [5.74, 6) is 0.120. The van der Waals surface area contributed by atoms with E-state index in [4.69, 9.17) is 12.2 Å². The van der Waals surface area contributed by atoms with Gasteiger partial charge in [0.1, 0.15) is 6.04 Å². The van der Waals surface area contributed by atoms with Gasteiger partial charge in [-0.3, -0.25) is 4.79 Å². The first kappa shape index (κ1) is 13.8. The van der Waals surface area contributed by atoms with Crippen molar-refractivity contribution >= 4 is 28.9 Å². The van der Waals surface area contributed by atoms with Crippen LogP contribution < -0.4 is 10.6 Å². The molecule has 0 spiro atoms. The van der Waals surface area contributed by atoms with Gasteiger partial charge in [0.15, 0.2) is 5.11 Å². The molecule has 0 saturated carbocycles. The fourth-order valence-corrected chi connectivity index (χ4v) is 2.45. The van der Waals surface area contributed by atoms with Gasteiger partial charge in [0.25, 0.3) is 0 Å². The number of anilines is 1. The third-order valence-corrected chi connectivity index (χ3v) is 3.39. The van der Waals surface area contributed by atoms with Crippen LogP contribution in [0.25, 0.3) is 0 Å². The average Bonchev–Trinajstić information content (AvgIpc) is 2.92. The molecule has 1 aromatic rings. The second kappa shape index (κ2) is 6.52. The number of nitrogens with zero attached hydrogens (tertiary/aromatic N) is 1. The first-order chi connectivity index (χ1) is 9.16. The fourth-order valence-electron chi connectivity index (χ4n) is 2.16. The third kappa shape index (κ3) is 3.92. The van der Waals surface area contributed by atoms with E-state index < -0.39 is 0 Å². The molecule has 5 heteroatoms. The number of para-hydroxylation sites is 1. The van der Waals surface area contributed by atoms with Crippen molar-refractivity contribution in [1.29, 1.82) is 0 Å². The van der Waals surface area contributed by atoms with Crippen molar-refractivity contribution in [3.05, 3.63) is 30.3 Å². The number of hydrogen-bond acceptors (Lipinski definition) is 2. The number of carbonyl (C=O) groups excluding carboxylic acids is 1. The number of rotatable bonds is 3. The van der Waals surface area contributed by atoms with E-state index >= 15 is 0 Å². The van der Waals surface area contributed by atoms with Crippen LogP contribution in [0.15, 0.2) is 30.3 Å². The Morgan fingerprint density at radius 2 is 1.89 bits per heavy atom. The Morgan fingerprint density at radius 3 is 2.53 bits per heavy atom. The average molecular weight is 277 g/mol. The molecule has 1 atom stereocenters. The van der Waals surface area contributed by atoms with Crippen molar-refractivity contribution < 1.29 is 4.79 Å². The van der Waals surface area contributed by atoms with Gasteiger partial charge in [-0.2, -0.15) is 0 Å². The number of thiocarbonyl (C=S) groups is 1. The Morgan fingerprint density at radius 1 is 1.26 bits per heavy atom. The Bertz CT molecular complexity index is 443. The maximum absolute atomic E-state index is 12.1. The van der Waals surface area contributed by atoms with Crippen LogP contribution in [0.2, 0.25) is 0 Å². The van der Waals surface area contributed by atoms with E-state index in [2.05, 4.69) is 10.6 Å². The molecular formula is C14H19N3OS. The minimum absolute atomic E-state index is 0.120. The molecule has 19 heavy (non-hydrogen) atoms. The lowest BCUT2D eigenvalue weighted by atomic mass is 10.3. The summed E-state index contributed by atoms with van der Waals surface area (Å²) in [5.41, 5.74) is 0.917. The zero-order chi connectivity index (χ0) is 13.7. The Balaban J connectivity index is 1.83. The number of carbonyl (C=O) groups is 1. The van der Waals surface area contributed by atoms with Crippen LogP contribution in [-0.4, -0.2) is 35.1 Å². The summed E-state index contributed by atoms with van der Waals surface area (Å²) in [4.78, 5) is 14.0. The molecular weight excluding hydrogens is 258 g/mol. The highest BCUT2D eigenvalue weighted by Crippen LogP contribution is 2.09. The van der Waals surface area contributed by atoms with Crippen molar-refractivity contribution in [2.45, 2.75) is 25.8 Å². The van der Waals surface area contributed by atoms with Gasteiger partial charge < -0.3 is 15.5 Å². The molecule has 0 radical (unpaired) electrons. The molecule has 1 aliphatic heterocycles. The predicted molar refractivity (Wildman–Crippen MR) is 81.1 cm³/mol. The standard InChI is InChI=1S/C14H19N3OS/c1-11(13(18)17-9-5-6-10-17)15-14(19)16-12-7-3-2-4-8-12/h2-4,7-8,11H,5-6,9-10H2,1H3,(H2,15,16,19). The minimum Gasteiger partial charge on any atom is -0.351 e. The molecule has 1 heterocycles. The van der Waals surface area contributed by atoms with Crippen LogP contribution in [0.4, 0.5) is 5.69 Å². The van der Waals surface area contributed by atoms with Gasteiger partial charge in [0.2, 0.25) is 5.91 Å². The van der Waals surface area contributed by atoms with Crippen LogP contribution in [0.3, 0.4) is 0 Å². The van der Waals surface area contributed by atoms with Crippen molar-refractivity contribution in [1.82, 2.24) is 10.2 Å². The number of benzene rings is 1. The van der Waals surface area contributed by atoms with Gasteiger partial charge in [-0.25, -0.2) is 0 Å². The van der Waals surface area contributed by atoms with E-state index in [1.807, 2.05) is 42.2 Å². The molecule has 0 aliphatic carbocycles. The van der Waals surface area contributed by atoms with Crippen LogP contribution in [0.1, 0.15) is 19.8 Å². The monoisotopic (exact) mass is 277 g/mol. The molecule has 1 amide bonds. The Hall–Kier alpha value is -1.62. The van der Waals surface area contributed by atoms with Gasteiger partial charge in [-0.1, -0.05) is 18.2 Å². The highest BCUT2D eigenvalue weighted by atomic mass is 32.1. The smallest absolute Gasteiger partial charge is 0.244 e. The minimum atomic E-state index is -0.290. The summed E-state index contributed by atoms with van der Waals surface area (Å²) in [7, 11) is 0. The number of nitrogens with one attached hydrogen (secondary N) is 2. The van der Waals surface area contributed by atoms with Gasteiger partial charge in [-0.15, -0.1) is 0 Å². The predicted octanol–water partition coefficient (Wildman–Crippen LogP) is 1.98. The molecule has 102 valence electrons. The van der Waals surface area contributed by atoms with Crippen LogP contribution in [0.5, 0.6) is 0 Å². The van der Waals surface area contributed by atoms with Crippen LogP contribution in [-0.2, 0) is 4.79 Å². The van der Waals surface area contributed by atoms with E-state index in [-0.39, 0.29) is 11.9 Å². The van der Waals surface area contributed by atoms with E-state index in [0.29, 0.717) is 5.11 Å². The molecule has 1 saturated heterocycles. The second-order valence-corrected chi connectivity index (χ2v) is 5.13. The van der Waals surface area contributed by atoms with E-state index in [1.165, 1.54) is 0 Å². The fraction of sp³-hybridized carbons (Fsp3) is 0.429. The highest BCUT2D eigenvalue weighted by molar-refractivity contribution is 7.80. The molecule has 1 aliphatic rings. The normalized spacial score (nSPS) is 15.9. The van der Waals surface area contributed by atoms with Gasteiger partial charge in [-0.05, 0) is 44.1 Å². The van der Waals surface area contributed by atoms with Crippen LogP contribution >= 0.6 is 12.2 Å². The maximum atomic E-state index is 12.1. The van der Waals surface area contributed by atoms with Gasteiger partial charge >= 0.3 is 0 Å². The zero-order valence-corrected chi connectivity index (χ0v) is 11.9. The Labute approximate surface area is 119 Å². The zero-order valence-electron chi connectivity index (χ0n) is 11.1. The summed E-state index contributed by atoms with van der Waals surface area (Å²) < 4.78 is 0. The topological polar surface area (TPSA) is 44.4 Å².